The smallest absolute Gasteiger partial charge is 0.408 e. The Morgan fingerprint density at radius 1 is 1.26 bits per heavy atom. The molecule has 0 spiro atoms. The van der Waals surface area contributed by atoms with E-state index < -0.39 is 24.1 Å². The molecule has 1 aromatic heterocycles. The predicted octanol–water partition coefficient (Wildman–Crippen LogP) is 0.158. The maximum atomic E-state index is 11.8. The van der Waals surface area contributed by atoms with Crippen LogP contribution in [0.4, 0.5) is 4.79 Å². The second kappa shape index (κ2) is 9.85. The molecule has 144 valence electrons. The molecule has 2 aromatic rings. The van der Waals surface area contributed by atoms with Gasteiger partial charge in [0.15, 0.2) is 12.4 Å². The van der Waals surface area contributed by atoms with Crippen molar-refractivity contribution in [3.63, 3.8) is 0 Å². The zero-order valence-electron chi connectivity index (χ0n) is 14.6. The summed E-state index contributed by atoms with van der Waals surface area (Å²) in [6.45, 7) is -0.168. The van der Waals surface area contributed by atoms with E-state index in [1.54, 1.807) is 24.3 Å². The lowest BCUT2D eigenvalue weighted by atomic mass is 10.1. The molecule has 1 atom stereocenters. The van der Waals surface area contributed by atoms with Gasteiger partial charge < -0.3 is 19.9 Å². The van der Waals surface area contributed by atoms with Gasteiger partial charge in [-0.2, -0.15) is 4.80 Å². The number of ether oxygens (including phenoxy) is 2. The molecular formula is C16H19N5O6. The molecule has 0 saturated carbocycles. The number of amides is 1. The summed E-state index contributed by atoms with van der Waals surface area (Å²) in [5.74, 6) is -1.51. The number of carbonyl (C=O) groups excluding carboxylic acids is 2. The summed E-state index contributed by atoms with van der Waals surface area (Å²) < 4.78 is 9.49. The number of carboxylic acid groups (broad SMARTS) is 1. The molecule has 2 N–H and O–H groups in total. The fourth-order valence-electron chi connectivity index (χ4n) is 2.06. The molecule has 27 heavy (non-hydrogen) atoms. The second-order valence-corrected chi connectivity index (χ2v) is 5.45. The Balaban J connectivity index is 1.82. The number of rotatable bonds is 9. The Bertz CT molecular complexity index is 779. The summed E-state index contributed by atoms with van der Waals surface area (Å²) >= 11 is 0. The molecule has 0 unspecified atom stereocenters. The van der Waals surface area contributed by atoms with Crippen molar-refractivity contribution in [1.29, 1.82) is 0 Å². The van der Waals surface area contributed by atoms with Crippen LogP contribution in [-0.4, -0.2) is 56.5 Å². The van der Waals surface area contributed by atoms with Gasteiger partial charge in [-0.15, -0.1) is 10.2 Å². The van der Waals surface area contributed by atoms with E-state index in [0.717, 1.165) is 10.4 Å². The van der Waals surface area contributed by atoms with Gasteiger partial charge in [0.25, 0.3) is 0 Å². The van der Waals surface area contributed by atoms with E-state index in [4.69, 9.17) is 4.74 Å². The largest absolute Gasteiger partial charge is 0.480 e. The number of aliphatic carboxylic acids is 1. The average Bonchev–Trinajstić information content (AvgIpc) is 3.11. The molecule has 0 radical (unpaired) electrons. The van der Waals surface area contributed by atoms with E-state index in [-0.39, 0.29) is 31.8 Å². The topological polar surface area (TPSA) is 146 Å². The van der Waals surface area contributed by atoms with Crippen molar-refractivity contribution >= 4 is 18.0 Å². The van der Waals surface area contributed by atoms with Crippen LogP contribution in [0, 0.1) is 0 Å². The van der Waals surface area contributed by atoms with Gasteiger partial charge in [0.1, 0.15) is 12.6 Å². The van der Waals surface area contributed by atoms with E-state index in [0.29, 0.717) is 0 Å². The van der Waals surface area contributed by atoms with Crippen LogP contribution in [0.1, 0.15) is 17.8 Å². The Kier molecular flexibility index (Phi) is 7.23. The number of hydrogen-bond acceptors (Lipinski definition) is 8. The minimum absolute atomic E-state index is 0.0275. The van der Waals surface area contributed by atoms with Gasteiger partial charge in [0, 0.05) is 6.42 Å². The molecule has 0 bridgehead atoms. The molecule has 1 amide bonds. The van der Waals surface area contributed by atoms with Crippen molar-refractivity contribution in [3.05, 3.63) is 41.7 Å². The maximum absolute atomic E-state index is 11.8. The molecule has 1 aromatic carbocycles. The van der Waals surface area contributed by atoms with E-state index in [1.807, 2.05) is 6.07 Å². The summed E-state index contributed by atoms with van der Waals surface area (Å²) in [4.78, 5) is 35.3. The number of hydrogen-bond donors (Lipinski definition) is 2. The highest BCUT2D eigenvalue weighted by Gasteiger charge is 2.21. The maximum Gasteiger partial charge on any atom is 0.408 e. The summed E-state index contributed by atoms with van der Waals surface area (Å²) in [5, 5.41) is 22.9. The van der Waals surface area contributed by atoms with E-state index >= 15 is 0 Å². The minimum Gasteiger partial charge on any atom is -0.480 e. The molecule has 0 fully saturated rings. The molecular weight excluding hydrogens is 358 g/mol. The number of tetrazole rings is 1. The molecule has 0 aliphatic rings. The first-order valence-corrected chi connectivity index (χ1v) is 8.01. The highest BCUT2D eigenvalue weighted by atomic mass is 16.5. The quantitative estimate of drug-likeness (QED) is 0.583. The van der Waals surface area contributed by atoms with E-state index in [9.17, 15) is 19.5 Å². The molecule has 1 heterocycles. The molecule has 2 rings (SSSR count). The summed E-state index contributed by atoms with van der Waals surface area (Å²) in [6.07, 6.45) is -0.676. The van der Waals surface area contributed by atoms with Crippen LogP contribution in [0.15, 0.2) is 30.3 Å². The van der Waals surface area contributed by atoms with Crippen LogP contribution in [0.2, 0.25) is 0 Å². The number of carboxylic acids is 1. The number of aryl methyl sites for hydroxylation is 1. The zero-order chi connectivity index (χ0) is 19.6. The standard InChI is InChI=1S/C16H19N5O6/c1-26-14(22)9-21-19-13(18-20-21)8-7-12(15(23)24)17-16(25)27-10-11-5-3-2-4-6-11/h2-6,12H,7-10H2,1H3,(H,17,25)(H,23,24)/t12-/m0/s1. The van der Waals surface area contributed by atoms with Gasteiger partial charge in [0.05, 0.1) is 7.11 Å². The van der Waals surface area contributed by atoms with Gasteiger partial charge in [-0.25, -0.2) is 14.4 Å². The van der Waals surface area contributed by atoms with Gasteiger partial charge in [-0.05, 0) is 17.2 Å². The third kappa shape index (κ3) is 6.72. The van der Waals surface area contributed by atoms with Gasteiger partial charge in [-0.3, -0.25) is 0 Å². The number of esters is 1. The number of aromatic nitrogens is 4. The molecule has 11 heteroatoms. The lowest BCUT2D eigenvalue weighted by molar-refractivity contribution is -0.142. The number of nitrogens with zero attached hydrogens (tertiary/aromatic N) is 4. The van der Waals surface area contributed by atoms with E-state index in [1.165, 1.54) is 7.11 Å². The second-order valence-electron chi connectivity index (χ2n) is 5.45. The van der Waals surface area contributed by atoms with Crippen molar-refractivity contribution in [2.45, 2.75) is 32.0 Å². The Morgan fingerprint density at radius 2 is 2.00 bits per heavy atom. The highest BCUT2D eigenvalue weighted by molar-refractivity contribution is 5.79. The molecule has 11 nitrogen and oxygen atoms in total. The monoisotopic (exact) mass is 377 g/mol. The Hall–Kier alpha value is -3.50. The zero-order valence-corrected chi connectivity index (χ0v) is 14.6. The minimum atomic E-state index is -1.21. The van der Waals surface area contributed by atoms with Crippen LogP contribution >= 0.6 is 0 Å². The van der Waals surface area contributed by atoms with Crippen molar-refractivity contribution in [2.24, 2.45) is 0 Å². The van der Waals surface area contributed by atoms with Crippen molar-refractivity contribution < 1.29 is 29.0 Å². The number of methoxy groups -OCH3 is 1. The third-order valence-electron chi connectivity index (χ3n) is 3.45. The summed E-state index contributed by atoms with van der Waals surface area (Å²) in [6, 6.07) is 7.82. The summed E-state index contributed by atoms with van der Waals surface area (Å²) in [7, 11) is 1.24. The van der Waals surface area contributed by atoms with Crippen LogP contribution in [-0.2, 0) is 38.6 Å². The predicted molar refractivity (Wildman–Crippen MR) is 89.3 cm³/mol. The average molecular weight is 377 g/mol. The number of alkyl carbamates (subject to hydrolysis) is 1. The first-order valence-electron chi connectivity index (χ1n) is 8.01. The lowest BCUT2D eigenvalue weighted by Gasteiger charge is -2.13. The van der Waals surface area contributed by atoms with Gasteiger partial charge in [-0.1, -0.05) is 30.3 Å². The number of nitrogens with one attached hydrogen (secondary N) is 1. The van der Waals surface area contributed by atoms with Crippen molar-refractivity contribution in [1.82, 2.24) is 25.5 Å². The molecule has 0 saturated heterocycles. The summed E-state index contributed by atoms with van der Waals surface area (Å²) in [5.41, 5.74) is 0.783. The molecule has 0 aliphatic carbocycles. The van der Waals surface area contributed by atoms with Crippen LogP contribution in [0.25, 0.3) is 0 Å². The first-order chi connectivity index (χ1) is 13.0. The lowest BCUT2D eigenvalue weighted by Crippen LogP contribution is -2.41. The Labute approximate surface area is 154 Å². The van der Waals surface area contributed by atoms with Crippen LogP contribution < -0.4 is 5.32 Å². The normalized spacial score (nSPS) is 11.4. The fourth-order valence-corrected chi connectivity index (χ4v) is 2.06. The highest BCUT2D eigenvalue weighted by Crippen LogP contribution is 2.03. The Morgan fingerprint density at radius 3 is 2.67 bits per heavy atom. The van der Waals surface area contributed by atoms with Crippen molar-refractivity contribution in [3.8, 4) is 0 Å². The van der Waals surface area contributed by atoms with Crippen molar-refractivity contribution in [2.75, 3.05) is 7.11 Å². The van der Waals surface area contributed by atoms with Crippen LogP contribution in [0.5, 0.6) is 0 Å². The SMILES string of the molecule is COC(=O)Cn1nnc(CC[C@H](NC(=O)OCc2ccccc2)C(=O)O)n1. The van der Waals surface area contributed by atoms with Crippen LogP contribution in [0.3, 0.4) is 0 Å². The molecule has 0 aliphatic heterocycles. The fraction of sp³-hybridized carbons (Fsp3) is 0.375. The first kappa shape index (κ1) is 19.8. The van der Waals surface area contributed by atoms with Gasteiger partial charge in [0.2, 0.25) is 0 Å². The number of carbonyl (C=O) groups is 3. The number of benzene rings is 1. The van der Waals surface area contributed by atoms with Gasteiger partial charge >= 0.3 is 18.0 Å². The third-order valence-corrected chi connectivity index (χ3v) is 3.45. The van der Waals surface area contributed by atoms with E-state index in [2.05, 4.69) is 25.5 Å².